The average Bonchev–Trinajstić information content (AvgIpc) is 2.41. The number of aryl methyl sites for hydroxylation is 1. The van der Waals surface area contributed by atoms with Crippen LogP contribution in [0.5, 0.6) is 5.75 Å². The average molecular weight is 261 g/mol. The second-order valence-corrected chi connectivity index (χ2v) is 5.54. The second kappa shape index (κ2) is 6.60. The lowest BCUT2D eigenvalue weighted by atomic mass is 9.86. The Bertz CT molecular complexity index is 413. The van der Waals surface area contributed by atoms with Gasteiger partial charge in [-0.3, -0.25) is 4.79 Å². The van der Waals surface area contributed by atoms with E-state index in [4.69, 9.17) is 4.74 Å². The van der Waals surface area contributed by atoms with E-state index in [1.54, 1.807) is 0 Å². The first kappa shape index (κ1) is 13.9. The van der Waals surface area contributed by atoms with E-state index >= 15 is 0 Å². The first-order valence-electron chi connectivity index (χ1n) is 7.14. The van der Waals surface area contributed by atoms with Crippen molar-refractivity contribution in [2.45, 2.75) is 45.6 Å². The van der Waals surface area contributed by atoms with Crippen LogP contribution in [0.15, 0.2) is 24.3 Å². The van der Waals surface area contributed by atoms with E-state index in [1.807, 2.05) is 31.2 Å². The molecular formula is C16H23NO2. The van der Waals surface area contributed by atoms with Crippen molar-refractivity contribution < 1.29 is 9.53 Å². The van der Waals surface area contributed by atoms with Crippen molar-refractivity contribution >= 4 is 5.91 Å². The van der Waals surface area contributed by atoms with Crippen LogP contribution in [0.4, 0.5) is 0 Å². The van der Waals surface area contributed by atoms with E-state index in [0.717, 1.165) is 12.2 Å². The van der Waals surface area contributed by atoms with Gasteiger partial charge in [0.05, 0.1) is 0 Å². The molecule has 0 bridgehead atoms. The summed E-state index contributed by atoms with van der Waals surface area (Å²) in [4.78, 5) is 11.9. The quantitative estimate of drug-likeness (QED) is 0.904. The molecule has 0 saturated heterocycles. The number of rotatable bonds is 4. The Morgan fingerprint density at radius 1 is 1.26 bits per heavy atom. The molecule has 1 aliphatic rings. The van der Waals surface area contributed by atoms with E-state index in [-0.39, 0.29) is 12.5 Å². The van der Waals surface area contributed by atoms with Crippen molar-refractivity contribution in [2.75, 3.05) is 6.61 Å². The van der Waals surface area contributed by atoms with Crippen LogP contribution in [0.2, 0.25) is 0 Å². The minimum atomic E-state index is -0.0145. The molecule has 2 rings (SSSR count). The van der Waals surface area contributed by atoms with Gasteiger partial charge in [0.1, 0.15) is 5.75 Å². The van der Waals surface area contributed by atoms with Gasteiger partial charge < -0.3 is 10.1 Å². The van der Waals surface area contributed by atoms with E-state index in [9.17, 15) is 4.79 Å². The fourth-order valence-corrected chi connectivity index (χ4v) is 2.56. The van der Waals surface area contributed by atoms with Crippen LogP contribution in [-0.4, -0.2) is 18.6 Å². The summed E-state index contributed by atoms with van der Waals surface area (Å²) >= 11 is 0. The third-order valence-corrected chi connectivity index (χ3v) is 3.85. The summed E-state index contributed by atoms with van der Waals surface area (Å²) in [6.07, 6.45) is 4.81. The van der Waals surface area contributed by atoms with Crippen molar-refractivity contribution in [3.05, 3.63) is 29.8 Å². The summed E-state index contributed by atoms with van der Waals surface area (Å²) < 4.78 is 5.49. The third kappa shape index (κ3) is 4.27. The summed E-state index contributed by atoms with van der Waals surface area (Å²) in [5, 5.41) is 3.09. The van der Waals surface area contributed by atoms with Gasteiger partial charge in [-0.2, -0.15) is 0 Å². The fourth-order valence-electron chi connectivity index (χ4n) is 2.56. The lowest BCUT2D eigenvalue weighted by molar-refractivity contribution is -0.124. The molecule has 0 unspecified atom stereocenters. The van der Waals surface area contributed by atoms with E-state index in [1.165, 1.54) is 24.8 Å². The number of hydrogen-bond donors (Lipinski definition) is 1. The molecule has 1 amide bonds. The van der Waals surface area contributed by atoms with Crippen molar-refractivity contribution in [1.82, 2.24) is 5.32 Å². The van der Waals surface area contributed by atoms with Gasteiger partial charge >= 0.3 is 0 Å². The van der Waals surface area contributed by atoms with Crippen molar-refractivity contribution in [3.8, 4) is 5.75 Å². The highest BCUT2D eigenvalue weighted by molar-refractivity contribution is 5.77. The van der Waals surface area contributed by atoms with Crippen LogP contribution in [0.3, 0.4) is 0 Å². The van der Waals surface area contributed by atoms with Crippen LogP contribution in [-0.2, 0) is 4.79 Å². The summed E-state index contributed by atoms with van der Waals surface area (Å²) in [7, 11) is 0. The van der Waals surface area contributed by atoms with Crippen LogP contribution in [0, 0.1) is 12.8 Å². The van der Waals surface area contributed by atoms with Crippen LogP contribution in [0.1, 0.15) is 38.2 Å². The van der Waals surface area contributed by atoms with Gasteiger partial charge in [0.15, 0.2) is 6.61 Å². The molecule has 0 aromatic heterocycles. The molecule has 0 spiro atoms. The van der Waals surface area contributed by atoms with Gasteiger partial charge in [0.25, 0.3) is 5.91 Å². The molecule has 3 nitrogen and oxygen atoms in total. The molecule has 0 heterocycles. The van der Waals surface area contributed by atoms with Gasteiger partial charge in [-0.1, -0.05) is 37.5 Å². The molecule has 1 N–H and O–H groups in total. The number of benzene rings is 1. The number of hydrogen-bond acceptors (Lipinski definition) is 2. The molecule has 1 aromatic carbocycles. The Morgan fingerprint density at radius 2 is 1.95 bits per heavy atom. The van der Waals surface area contributed by atoms with Crippen LogP contribution in [0.25, 0.3) is 0 Å². The summed E-state index contributed by atoms with van der Waals surface area (Å²) in [5.41, 5.74) is 1.19. The lowest BCUT2D eigenvalue weighted by Crippen LogP contribution is -2.43. The van der Waals surface area contributed by atoms with Gasteiger partial charge in [0.2, 0.25) is 0 Å². The highest BCUT2D eigenvalue weighted by atomic mass is 16.5. The minimum Gasteiger partial charge on any atom is -0.484 e. The topological polar surface area (TPSA) is 38.3 Å². The number of carbonyl (C=O) groups is 1. The minimum absolute atomic E-state index is 0.0145. The highest BCUT2D eigenvalue weighted by Gasteiger charge is 2.22. The molecule has 0 aliphatic heterocycles. The standard InChI is InChI=1S/C16H23NO2/c1-12-7-9-14(10-8-12)19-11-16(18)17-15-6-4-3-5-13(15)2/h7-10,13,15H,3-6,11H2,1-2H3,(H,17,18)/t13-,15-/m1/s1. The summed E-state index contributed by atoms with van der Waals surface area (Å²) in [6.45, 7) is 4.35. The SMILES string of the molecule is Cc1ccc(OCC(=O)N[C@@H]2CCCC[C@H]2C)cc1. The normalized spacial score (nSPS) is 22.8. The fraction of sp³-hybridized carbons (Fsp3) is 0.562. The monoisotopic (exact) mass is 261 g/mol. The lowest BCUT2D eigenvalue weighted by Gasteiger charge is -2.29. The predicted octanol–water partition coefficient (Wildman–Crippen LogP) is 3.07. The maximum absolute atomic E-state index is 11.9. The van der Waals surface area contributed by atoms with E-state index in [0.29, 0.717) is 12.0 Å². The Hall–Kier alpha value is -1.51. The van der Waals surface area contributed by atoms with Gasteiger partial charge in [0, 0.05) is 6.04 Å². The number of amides is 1. The number of nitrogens with one attached hydrogen (secondary N) is 1. The largest absolute Gasteiger partial charge is 0.484 e. The zero-order valence-electron chi connectivity index (χ0n) is 11.8. The van der Waals surface area contributed by atoms with Gasteiger partial charge in [-0.05, 0) is 37.8 Å². The first-order valence-corrected chi connectivity index (χ1v) is 7.14. The number of carbonyl (C=O) groups excluding carboxylic acids is 1. The zero-order chi connectivity index (χ0) is 13.7. The summed E-state index contributed by atoms with van der Waals surface area (Å²) in [6, 6.07) is 8.08. The van der Waals surface area contributed by atoms with E-state index in [2.05, 4.69) is 12.2 Å². The maximum atomic E-state index is 11.9. The molecule has 1 aliphatic carbocycles. The third-order valence-electron chi connectivity index (χ3n) is 3.85. The molecule has 3 heteroatoms. The molecular weight excluding hydrogens is 238 g/mol. The Morgan fingerprint density at radius 3 is 2.63 bits per heavy atom. The number of ether oxygens (including phenoxy) is 1. The van der Waals surface area contributed by atoms with Gasteiger partial charge in [-0.25, -0.2) is 0 Å². The van der Waals surface area contributed by atoms with Crippen LogP contribution >= 0.6 is 0 Å². The molecule has 1 saturated carbocycles. The second-order valence-electron chi connectivity index (χ2n) is 5.54. The maximum Gasteiger partial charge on any atom is 0.258 e. The van der Waals surface area contributed by atoms with Crippen molar-refractivity contribution in [2.24, 2.45) is 5.92 Å². The zero-order valence-corrected chi connectivity index (χ0v) is 11.8. The highest BCUT2D eigenvalue weighted by Crippen LogP contribution is 2.23. The van der Waals surface area contributed by atoms with E-state index < -0.39 is 0 Å². The first-order chi connectivity index (χ1) is 9.15. The Balaban J connectivity index is 1.76. The molecule has 0 radical (unpaired) electrons. The Labute approximate surface area is 115 Å². The molecule has 104 valence electrons. The molecule has 1 aromatic rings. The molecule has 19 heavy (non-hydrogen) atoms. The van der Waals surface area contributed by atoms with Crippen LogP contribution < -0.4 is 10.1 Å². The van der Waals surface area contributed by atoms with Crippen molar-refractivity contribution in [3.63, 3.8) is 0 Å². The predicted molar refractivity (Wildman–Crippen MR) is 76.2 cm³/mol. The smallest absolute Gasteiger partial charge is 0.258 e. The summed E-state index contributed by atoms with van der Waals surface area (Å²) in [5.74, 6) is 1.31. The van der Waals surface area contributed by atoms with Crippen molar-refractivity contribution in [1.29, 1.82) is 0 Å². The molecule has 2 atom stereocenters. The van der Waals surface area contributed by atoms with Gasteiger partial charge in [-0.15, -0.1) is 0 Å². The Kier molecular flexibility index (Phi) is 4.83. The molecule has 1 fully saturated rings.